The van der Waals surface area contributed by atoms with Gasteiger partial charge in [-0.05, 0) is 67.6 Å². The van der Waals surface area contributed by atoms with Gasteiger partial charge in [-0.1, -0.05) is 25.1 Å². The predicted molar refractivity (Wildman–Crippen MR) is 119 cm³/mol. The molecule has 0 radical (unpaired) electrons. The number of phenols is 1. The molecule has 1 atom stereocenters. The van der Waals surface area contributed by atoms with Crippen molar-refractivity contribution in [2.24, 2.45) is 0 Å². The summed E-state index contributed by atoms with van der Waals surface area (Å²) < 4.78 is 5.76. The first kappa shape index (κ1) is 21.9. The number of hydrogen-bond donors (Lipinski definition) is 4. The Balaban J connectivity index is 1.36. The minimum atomic E-state index is -0.728. The summed E-state index contributed by atoms with van der Waals surface area (Å²) in [6, 6.07) is 14.4. The zero-order valence-corrected chi connectivity index (χ0v) is 17.4. The molecule has 1 unspecified atom stereocenters. The Hall–Kier alpha value is -2.83. The van der Waals surface area contributed by atoms with Crippen molar-refractivity contribution in [3.8, 4) is 11.5 Å². The summed E-state index contributed by atoms with van der Waals surface area (Å²) in [5, 5.41) is 24.4. The Bertz CT molecular complexity index is 998. The van der Waals surface area contributed by atoms with Crippen molar-refractivity contribution >= 4 is 10.9 Å². The predicted octanol–water partition coefficient (Wildman–Crippen LogP) is 3.67. The molecule has 0 amide bonds. The van der Waals surface area contributed by atoms with E-state index >= 15 is 0 Å². The molecule has 4 N–H and O–H groups in total. The molecule has 0 saturated heterocycles. The van der Waals surface area contributed by atoms with Gasteiger partial charge < -0.3 is 25.3 Å². The van der Waals surface area contributed by atoms with Crippen molar-refractivity contribution < 1.29 is 14.9 Å². The van der Waals surface area contributed by atoms with Gasteiger partial charge in [0.15, 0.2) is 0 Å². The van der Waals surface area contributed by atoms with Crippen molar-refractivity contribution in [3.05, 3.63) is 70.0 Å². The van der Waals surface area contributed by atoms with Gasteiger partial charge in [0.2, 0.25) is 5.56 Å². The Labute approximate surface area is 176 Å². The third-order valence-corrected chi connectivity index (χ3v) is 5.20. The number of H-pyrrole nitrogens is 1. The SMILES string of the molecule is CCc1ccc(OCCCCCNCC(O)c2ccc(O)c3[nH]c(=O)ccc23)cc1. The number of aliphatic hydroxyl groups is 1. The number of rotatable bonds is 11. The lowest BCUT2D eigenvalue weighted by Gasteiger charge is -2.15. The number of fused-ring (bicyclic) bond motifs is 1. The fourth-order valence-electron chi connectivity index (χ4n) is 3.44. The second-order valence-electron chi connectivity index (χ2n) is 7.41. The number of ether oxygens (including phenoxy) is 1. The molecule has 0 aliphatic rings. The van der Waals surface area contributed by atoms with E-state index in [-0.39, 0.29) is 11.3 Å². The molecule has 0 aliphatic carbocycles. The number of pyridine rings is 1. The van der Waals surface area contributed by atoms with Crippen LogP contribution >= 0.6 is 0 Å². The zero-order valence-electron chi connectivity index (χ0n) is 17.4. The molecule has 3 aromatic rings. The molecular formula is C24H30N2O4. The van der Waals surface area contributed by atoms with Gasteiger partial charge >= 0.3 is 0 Å². The summed E-state index contributed by atoms with van der Waals surface area (Å²) >= 11 is 0. The number of unbranched alkanes of at least 4 members (excludes halogenated alkanes) is 2. The number of aromatic amines is 1. The molecule has 0 spiro atoms. The van der Waals surface area contributed by atoms with Crippen molar-refractivity contribution in [1.82, 2.24) is 10.3 Å². The summed E-state index contributed by atoms with van der Waals surface area (Å²) in [4.78, 5) is 14.1. The highest BCUT2D eigenvalue weighted by Crippen LogP contribution is 2.28. The number of aryl methyl sites for hydroxylation is 1. The second-order valence-corrected chi connectivity index (χ2v) is 7.41. The maximum atomic E-state index is 11.5. The van der Waals surface area contributed by atoms with Crippen LogP contribution in [0.1, 0.15) is 43.4 Å². The Kier molecular flexibility index (Phi) is 7.88. The highest BCUT2D eigenvalue weighted by atomic mass is 16.5. The summed E-state index contributed by atoms with van der Waals surface area (Å²) in [5.41, 5.74) is 2.05. The van der Waals surface area contributed by atoms with E-state index in [4.69, 9.17) is 4.74 Å². The topological polar surface area (TPSA) is 94.6 Å². The van der Waals surface area contributed by atoms with E-state index in [0.717, 1.165) is 38.0 Å². The molecule has 0 fully saturated rings. The average molecular weight is 411 g/mol. The normalized spacial score (nSPS) is 12.2. The number of phenolic OH excluding ortho intramolecular Hbond substituents is 1. The minimum Gasteiger partial charge on any atom is -0.506 e. The van der Waals surface area contributed by atoms with Crippen LogP contribution in [-0.2, 0) is 6.42 Å². The van der Waals surface area contributed by atoms with E-state index < -0.39 is 6.10 Å². The van der Waals surface area contributed by atoms with Gasteiger partial charge in [-0.25, -0.2) is 0 Å². The van der Waals surface area contributed by atoms with E-state index in [0.29, 0.717) is 29.6 Å². The van der Waals surface area contributed by atoms with E-state index in [2.05, 4.69) is 29.4 Å². The van der Waals surface area contributed by atoms with Crippen molar-refractivity contribution in [3.63, 3.8) is 0 Å². The minimum absolute atomic E-state index is 0.00450. The quantitative estimate of drug-likeness (QED) is 0.362. The van der Waals surface area contributed by atoms with E-state index in [1.54, 1.807) is 12.1 Å². The molecule has 0 bridgehead atoms. The van der Waals surface area contributed by atoms with Crippen molar-refractivity contribution in [2.45, 2.75) is 38.7 Å². The molecule has 6 heteroatoms. The standard InChI is InChI=1S/C24H30N2O4/c1-2-17-6-8-18(9-7-17)30-15-5-3-4-14-25-16-22(28)19-10-12-21(27)24-20(19)11-13-23(29)26-24/h6-13,22,25,27-28H,2-5,14-16H2,1H3,(H,26,29). The molecule has 0 aliphatic heterocycles. The molecule has 0 saturated carbocycles. The average Bonchev–Trinajstić information content (AvgIpc) is 2.76. The molecule has 3 rings (SSSR count). The van der Waals surface area contributed by atoms with Crippen LogP contribution in [0.3, 0.4) is 0 Å². The number of aromatic nitrogens is 1. The van der Waals surface area contributed by atoms with Crippen molar-refractivity contribution in [1.29, 1.82) is 0 Å². The highest BCUT2D eigenvalue weighted by Gasteiger charge is 2.13. The number of benzene rings is 2. The van der Waals surface area contributed by atoms with Crippen LogP contribution in [0.4, 0.5) is 0 Å². The molecule has 2 aromatic carbocycles. The first-order valence-electron chi connectivity index (χ1n) is 10.5. The van der Waals surface area contributed by atoms with Gasteiger partial charge in [-0.3, -0.25) is 4.79 Å². The Morgan fingerprint density at radius 2 is 1.83 bits per heavy atom. The van der Waals surface area contributed by atoms with Gasteiger partial charge in [0.05, 0.1) is 18.2 Å². The van der Waals surface area contributed by atoms with Gasteiger partial charge in [-0.2, -0.15) is 0 Å². The van der Waals surface area contributed by atoms with Crippen LogP contribution in [0.5, 0.6) is 11.5 Å². The highest BCUT2D eigenvalue weighted by molar-refractivity contribution is 5.87. The first-order chi connectivity index (χ1) is 14.6. The zero-order chi connectivity index (χ0) is 21.3. The van der Waals surface area contributed by atoms with Gasteiger partial charge in [0.1, 0.15) is 11.5 Å². The molecular weight excluding hydrogens is 380 g/mol. The number of aromatic hydroxyl groups is 1. The maximum absolute atomic E-state index is 11.5. The fourth-order valence-corrected chi connectivity index (χ4v) is 3.44. The number of aliphatic hydroxyl groups excluding tert-OH is 1. The van der Waals surface area contributed by atoms with E-state index in [9.17, 15) is 15.0 Å². The van der Waals surface area contributed by atoms with Crippen LogP contribution in [0.15, 0.2) is 53.3 Å². The van der Waals surface area contributed by atoms with Gasteiger partial charge in [0.25, 0.3) is 0 Å². The Morgan fingerprint density at radius 1 is 1.03 bits per heavy atom. The molecule has 6 nitrogen and oxygen atoms in total. The molecule has 1 heterocycles. The fraction of sp³-hybridized carbons (Fsp3) is 0.375. The van der Waals surface area contributed by atoms with Gasteiger partial charge in [-0.15, -0.1) is 0 Å². The largest absolute Gasteiger partial charge is 0.506 e. The van der Waals surface area contributed by atoms with E-state index in [1.807, 2.05) is 12.1 Å². The summed E-state index contributed by atoms with van der Waals surface area (Å²) in [6.07, 6.45) is 3.32. The summed E-state index contributed by atoms with van der Waals surface area (Å²) in [7, 11) is 0. The lowest BCUT2D eigenvalue weighted by Crippen LogP contribution is -2.23. The first-order valence-corrected chi connectivity index (χ1v) is 10.5. The second kappa shape index (κ2) is 10.8. The Morgan fingerprint density at radius 3 is 2.60 bits per heavy atom. The van der Waals surface area contributed by atoms with Crippen LogP contribution < -0.4 is 15.6 Å². The van der Waals surface area contributed by atoms with Crippen molar-refractivity contribution in [2.75, 3.05) is 19.7 Å². The molecule has 1 aromatic heterocycles. The molecule has 30 heavy (non-hydrogen) atoms. The third-order valence-electron chi connectivity index (χ3n) is 5.20. The lowest BCUT2D eigenvalue weighted by molar-refractivity contribution is 0.176. The van der Waals surface area contributed by atoms with E-state index in [1.165, 1.54) is 17.7 Å². The van der Waals surface area contributed by atoms with Crippen LogP contribution in [0.25, 0.3) is 10.9 Å². The van der Waals surface area contributed by atoms with Crippen LogP contribution in [0, 0.1) is 0 Å². The third kappa shape index (κ3) is 5.84. The monoisotopic (exact) mass is 410 g/mol. The lowest BCUT2D eigenvalue weighted by atomic mass is 10.0. The van der Waals surface area contributed by atoms with Crippen LogP contribution in [-0.4, -0.2) is 34.9 Å². The number of nitrogens with one attached hydrogen (secondary N) is 2. The van der Waals surface area contributed by atoms with Gasteiger partial charge in [0, 0.05) is 18.0 Å². The smallest absolute Gasteiger partial charge is 0.248 e. The molecule has 160 valence electrons. The summed E-state index contributed by atoms with van der Waals surface area (Å²) in [5.74, 6) is 0.908. The summed E-state index contributed by atoms with van der Waals surface area (Å²) in [6.45, 7) is 4.04. The number of hydrogen-bond acceptors (Lipinski definition) is 5. The van der Waals surface area contributed by atoms with Crippen LogP contribution in [0.2, 0.25) is 0 Å². The maximum Gasteiger partial charge on any atom is 0.248 e.